The minimum absolute atomic E-state index is 0.0271. The molecule has 1 N–H and O–H groups in total. The molecule has 6 heteroatoms. The summed E-state index contributed by atoms with van der Waals surface area (Å²) in [6.45, 7) is 3.67. The van der Waals surface area contributed by atoms with Gasteiger partial charge in [0.05, 0.1) is 5.57 Å². The molecule has 2 unspecified atom stereocenters. The van der Waals surface area contributed by atoms with Crippen LogP contribution < -0.4 is 0 Å². The average Bonchev–Trinajstić information content (AvgIpc) is 3.14. The predicted molar refractivity (Wildman–Crippen MR) is 130 cm³/mol. The van der Waals surface area contributed by atoms with Crippen molar-refractivity contribution in [3.05, 3.63) is 77.4 Å². The Labute approximate surface area is 204 Å². The highest BCUT2D eigenvalue weighted by Gasteiger charge is 2.58. The number of allylic oxidation sites excluding steroid dienone is 4. The molecule has 35 heavy (non-hydrogen) atoms. The second-order valence-electron chi connectivity index (χ2n) is 10.5. The first-order valence-corrected chi connectivity index (χ1v) is 12.3. The fourth-order valence-electron chi connectivity index (χ4n) is 6.81. The van der Waals surface area contributed by atoms with E-state index >= 15 is 0 Å². The number of carbonyl (C=O) groups is 2. The fraction of sp³-hybridized carbons (Fsp3) is 0.414. The molecule has 1 aliphatic heterocycles. The van der Waals surface area contributed by atoms with Gasteiger partial charge in [-0.1, -0.05) is 37.3 Å². The van der Waals surface area contributed by atoms with Gasteiger partial charge in [-0.15, -0.1) is 0 Å². The Morgan fingerprint density at radius 1 is 1.29 bits per heavy atom. The van der Waals surface area contributed by atoms with Crippen LogP contribution in [0.25, 0.3) is 10.8 Å². The smallest absolute Gasteiger partial charge is 0.302 e. The van der Waals surface area contributed by atoms with Crippen molar-refractivity contribution in [3.63, 3.8) is 0 Å². The highest BCUT2D eigenvalue weighted by molar-refractivity contribution is 6.00. The molecule has 1 aromatic carbocycles. The predicted octanol–water partition coefficient (Wildman–Crippen LogP) is 4.40. The maximum Gasteiger partial charge on any atom is 0.302 e. The van der Waals surface area contributed by atoms with Gasteiger partial charge >= 0.3 is 5.97 Å². The maximum atomic E-state index is 12.7. The number of aromatic nitrogens is 1. The number of esters is 1. The first-order chi connectivity index (χ1) is 16.9. The number of ether oxygens (including phenoxy) is 2. The van der Waals surface area contributed by atoms with Gasteiger partial charge in [0, 0.05) is 61.4 Å². The molecular formula is C29H29NO5. The molecule has 0 saturated heterocycles. The number of fused-ring (bicyclic) bond motifs is 4. The van der Waals surface area contributed by atoms with Gasteiger partial charge in [-0.2, -0.15) is 0 Å². The van der Waals surface area contributed by atoms with Gasteiger partial charge in [-0.25, -0.2) is 0 Å². The van der Waals surface area contributed by atoms with Crippen molar-refractivity contribution in [2.75, 3.05) is 6.61 Å². The molecule has 4 aliphatic rings. The van der Waals surface area contributed by atoms with Crippen molar-refractivity contribution < 1.29 is 24.2 Å². The van der Waals surface area contributed by atoms with Crippen molar-refractivity contribution in [3.8, 4) is 0 Å². The van der Waals surface area contributed by atoms with Crippen molar-refractivity contribution in [1.82, 2.24) is 4.98 Å². The van der Waals surface area contributed by atoms with Crippen molar-refractivity contribution in [2.24, 2.45) is 17.3 Å². The van der Waals surface area contributed by atoms with Crippen LogP contribution in [0.5, 0.6) is 0 Å². The summed E-state index contributed by atoms with van der Waals surface area (Å²) < 4.78 is 12.5. The standard InChI is InChI=1S/C29H29NO5/c1-16(32)34-26-13-23-28-18(12-22-24(33)10-17(15-31)11-25(22)35-28)6-8-29(23,2)27(26)21-5-3-4-19-14-30-9-7-20(19)21/h3-9,12,14,17,23,26-28,31H,10-11,13,15H2,1-2H3/t17?,23-,26?,27-,28+,29-/m0/s1. The summed E-state index contributed by atoms with van der Waals surface area (Å²) in [7, 11) is 0. The van der Waals surface area contributed by atoms with Crippen LogP contribution in [-0.4, -0.2) is 40.7 Å². The number of benzene rings is 1. The van der Waals surface area contributed by atoms with Crippen molar-refractivity contribution in [2.45, 2.75) is 51.2 Å². The maximum absolute atomic E-state index is 12.7. The third-order valence-electron chi connectivity index (χ3n) is 8.41. The number of aliphatic hydroxyl groups excluding tert-OH is 1. The van der Waals surface area contributed by atoms with Crippen LogP contribution in [0.1, 0.15) is 44.6 Å². The van der Waals surface area contributed by atoms with Crippen LogP contribution in [0.4, 0.5) is 0 Å². The van der Waals surface area contributed by atoms with Crippen molar-refractivity contribution in [1.29, 1.82) is 0 Å². The van der Waals surface area contributed by atoms with Crippen LogP contribution in [-0.2, 0) is 19.1 Å². The summed E-state index contributed by atoms with van der Waals surface area (Å²) in [6, 6.07) is 8.25. The number of nitrogens with zero attached hydrogens (tertiary/aromatic N) is 1. The summed E-state index contributed by atoms with van der Waals surface area (Å²) in [4.78, 5) is 29.2. The zero-order valence-electron chi connectivity index (χ0n) is 19.9. The van der Waals surface area contributed by atoms with E-state index in [4.69, 9.17) is 9.47 Å². The highest BCUT2D eigenvalue weighted by atomic mass is 16.5. The lowest BCUT2D eigenvalue weighted by Gasteiger charge is -2.44. The van der Waals surface area contributed by atoms with Gasteiger partial charge in [0.1, 0.15) is 18.0 Å². The summed E-state index contributed by atoms with van der Waals surface area (Å²) in [5.41, 5.74) is 2.45. The Balaban J connectivity index is 1.45. The molecule has 0 radical (unpaired) electrons. The third kappa shape index (κ3) is 3.46. The van der Waals surface area contributed by atoms with Gasteiger partial charge < -0.3 is 14.6 Å². The first kappa shape index (κ1) is 22.2. The Kier molecular flexibility index (Phi) is 5.18. The number of carbonyl (C=O) groups excluding carboxylic acids is 2. The van der Waals surface area contributed by atoms with E-state index in [0.29, 0.717) is 30.6 Å². The fourth-order valence-corrected chi connectivity index (χ4v) is 6.81. The summed E-state index contributed by atoms with van der Waals surface area (Å²) in [6.07, 6.45) is 11.0. The average molecular weight is 472 g/mol. The minimum atomic E-state index is -0.327. The van der Waals surface area contributed by atoms with E-state index in [1.54, 1.807) is 6.20 Å². The topological polar surface area (TPSA) is 85.7 Å². The Morgan fingerprint density at radius 3 is 2.94 bits per heavy atom. The molecule has 2 aromatic rings. The SMILES string of the molecule is CC(=O)OC1C[C@H]2[C@@H]3OC4=C(C=C3C=C[C@]2(C)[C@H]1c1cccc2cnccc12)C(=O)CC(CO)C4. The quantitative estimate of drug-likeness (QED) is 0.668. The Hall–Kier alpha value is -3.25. The Morgan fingerprint density at radius 2 is 2.14 bits per heavy atom. The number of aliphatic hydroxyl groups is 1. The highest BCUT2D eigenvalue weighted by Crippen LogP contribution is 2.61. The molecule has 1 saturated carbocycles. The number of hydrogen-bond donors (Lipinski definition) is 1. The lowest BCUT2D eigenvalue weighted by atomic mass is 9.64. The number of rotatable bonds is 3. The lowest BCUT2D eigenvalue weighted by molar-refractivity contribution is -0.147. The normalized spacial score (nSPS) is 33.5. The summed E-state index contributed by atoms with van der Waals surface area (Å²) in [5.74, 6) is 0.333. The van der Waals surface area contributed by atoms with E-state index in [0.717, 1.165) is 21.9 Å². The van der Waals surface area contributed by atoms with Gasteiger partial charge in [-0.3, -0.25) is 14.6 Å². The Bertz CT molecular complexity index is 1320. The largest absolute Gasteiger partial charge is 0.489 e. The summed E-state index contributed by atoms with van der Waals surface area (Å²) >= 11 is 0. The number of hydrogen-bond acceptors (Lipinski definition) is 6. The molecule has 2 heterocycles. The zero-order chi connectivity index (χ0) is 24.3. The van der Waals surface area contributed by atoms with Crippen LogP contribution >= 0.6 is 0 Å². The second-order valence-corrected chi connectivity index (χ2v) is 10.5. The van der Waals surface area contributed by atoms with Crippen LogP contribution in [0, 0.1) is 17.3 Å². The second kappa shape index (κ2) is 8.16. The van der Waals surface area contributed by atoms with E-state index in [9.17, 15) is 14.7 Å². The molecule has 1 fully saturated rings. The molecule has 6 nitrogen and oxygen atoms in total. The number of Topliss-reactive ketones (excluding diaryl/α,β-unsaturated/α-hetero) is 1. The molecule has 0 amide bonds. The molecule has 6 rings (SSSR count). The van der Waals surface area contributed by atoms with Crippen molar-refractivity contribution >= 4 is 22.5 Å². The molecule has 3 aliphatic carbocycles. The van der Waals surface area contributed by atoms with E-state index in [-0.39, 0.29) is 53.7 Å². The van der Waals surface area contributed by atoms with Crippen LogP contribution in [0.2, 0.25) is 0 Å². The van der Waals surface area contributed by atoms with E-state index in [1.165, 1.54) is 6.92 Å². The van der Waals surface area contributed by atoms with Gasteiger partial charge in [0.25, 0.3) is 0 Å². The minimum Gasteiger partial charge on any atom is -0.489 e. The number of pyridine rings is 1. The third-order valence-corrected chi connectivity index (χ3v) is 8.41. The van der Waals surface area contributed by atoms with Gasteiger partial charge in [0.2, 0.25) is 0 Å². The molecule has 6 atom stereocenters. The number of ketones is 1. The van der Waals surface area contributed by atoms with Gasteiger partial charge in [-0.05, 0) is 41.0 Å². The molecule has 0 spiro atoms. The zero-order valence-corrected chi connectivity index (χ0v) is 19.9. The van der Waals surface area contributed by atoms with E-state index in [2.05, 4.69) is 36.2 Å². The molecule has 1 aromatic heterocycles. The van der Waals surface area contributed by atoms with Crippen LogP contribution in [0.3, 0.4) is 0 Å². The first-order valence-electron chi connectivity index (χ1n) is 12.3. The van der Waals surface area contributed by atoms with Gasteiger partial charge in [0.15, 0.2) is 5.78 Å². The molecular weight excluding hydrogens is 442 g/mol. The van der Waals surface area contributed by atoms with E-state index in [1.807, 2.05) is 24.4 Å². The molecule has 0 bridgehead atoms. The molecule has 180 valence electrons. The summed E-state index contributed by atoms with van der Waals surface area (Å²) in [5, 5.41) is 11.8. The van der Waals surface area contributed by atoms with Crippen LogP contribution in [0.15, 0.2) is 71.8 Å². The lowest BCUT2D eigenvalue weighted by Crippen LogP contribution is -2.41. The van der Waals surface area contributed by atoms with E-state index < -0.39 is 0 Å². The monoisotopic (exact) mass is 471 g/mol.